The number of rotatable bonds is 7. The number of ether oxygens (including phenoxy) is 2. The van der Waals surface area contributed by atoms with Gasteiger partial charge in [-0.2, -0.15) is 0 Å². The molecule has 0 saturated carbocycles. The van der Waals surface area contributed by atoms with Crippen LogP contribution in [0.3, 0.4) is 0 Å². The van der Waals surface area contributed by atoms with Gasteiger partial charge in [0.2, 0.25) is 12.1 Å². The Morgan fingerprint density at radius 3 is 2.00 bits per heavy atom. The van der Waals surface area contributed by atoms with E-state index in [4.69, 9.17) is 9.47 Å². The molecule has 0 bridgehead atoms. The molecule has 2 aliphatic rings. The summed E-state index contributed by atoms with van der Waals surface area (Å²) < 4.78 is 12.0. The van der Waals surface area contributed by atoms with Crippen LogP contribution in [0, 0.1) is 0 Å². The topological polar surface area (TPSA) is 68.2 Å². The van der Waals surface area contributed by atoms with E-state index in [2.05, 4.69) is 11.6 Å². The van der Waals surface area contributed by atoms with E-state index in [0.29, 0.717) is 11.5 Å². The quantitative estimate of drug-likeness (QED) is 0.305. The molecule has 0 aliphatic carbocycles. The number of fused-ring (bicyclic) bond motifs is 1. The third-order valence-electron chi connectivity index (χ3n) is 5.97. The zero-order valence-electron chi connectivity index (χ0n) is 18.7. The van der Waals surface area contributed by atoms with E-state index in [1.165, 1.54) is 4.90 Å². The van der Waals surface area contributed by atoms with E-state index in [1.54, 1.807) is 6.92 Å². The summed E-state index contributed by atoms with van der Waals surface area (Å²) in [5.74, 6) is -0.447. The number of amides is 1. The van der Waals surface area contributed by atoms with Crippen molar-refractivity contribution in [2.24, 2.45) is 4.99 Å². The number of aliphatic imine (C=N–C) groups is 1. The number of likely N-dealkylation sites (tertiary alicyclic amines) is 1. The van der Waals surface area contributed by atoms with Gasteiger partial charge in [0.1, 0.15) is 0 Å². The first kappa shape index (κ1) is 21.6. The summed E-state index contributed by atoms with van der Waals surface area (Å²) in [7, 11) is 0. The minimum atomic E-state index is -0.978. The zero-order valence-corrected chi connectivity index (χ0v) is 18.7. The highest BCUT2D eigenvalue weighted by Crippen LogP contribution is 2.36. The molecule has 2 heterocycles. The third kappa shape index (κ3) is 3.88. The summed E-state index contributed by atoms with van der Waals surface area (Å²) in [6, 6.07) is 26.8. The first-order valence-corrected chi connectivity index (χ1v) is 11.1. The van der Waals surface area contributed by atoms with Crippen LogP contribution in [0.25, 0.3) is 0 Å². The first-order valence-electron chi connectivity index (χ1n) is 11.1. The second-order valence-corrected chi connectivity index (χ2v) is 8.39. The van der Waals surface area contributed by atoms with Crippen molar-refractivity contribution in [2.45, 2.75) is 31.3 Å². The maximum absolute atomic E-state index is 13.5. The lowest BCUT2D eigenvalue weighted by Gasteiger charge is -2.44. The number of nitrogens with zero attached hydrogens (tertiary/aromatic N) is 2. The molecule has 6 nitrogen and oxygen atoms in total. The van der Waals surface area contributed by atoms with E-state index >= 15 is 0 Å². The van der Waals surface area contributed by atoms with Gasteiger partial charge in [0.15, 0.2) is 18.2 Å². The van der Waals surface area contributed by atoms with Crippen LogP contribution in [0.15, 0.2) is 108 Å². The number of carbonyl (C=O) groups is 2. The summed E-state index contributed by atoms with van der Waals surface area (Å²) in [6.45, 7) is 5.68. The van der Waals surface area contributed by atoms with Gasteiger partial charge in [-0.1, -0.05) is 85.4 Å². The van der Waals surface area contributed by atoms with Crippen molar-refractivity contribution in [1.29, 1.82) is 0 Å². The molecule has 1 fully saturated rings. The third-order valence-corrected chi connectivity index (χ3v) is 5.97. The van der Waals surface area contributed by atoms with Gasteiger partial charge < -0.3 is 9.47 Å². The highest BCUT2D eigenvalue weighted by Gasteiger charge is 2.58. The Morgan fingerprint density at radius 2 is 1.47 bits per heavy atom. The van der Waals surface area contributed by atoms with Gasteiger partial charge in [-0.05, 0) is 35.8 Å². The minimum absolute atomic E-state index is 0.281. The SMILES string of the molecule is C=C(C)C(C(=O)OC(c1ccccc1)c1ccccc1)N1C(=O)[C@@H]2N=C(c3ccccc3)O[C@@H]21. The number of carbonyl (C=O) groups excluding carboxylic acids is 2. The van der Waals surface area contributed by atoms with Gasteiger partial charge in [-0.3, -0.25) is 9.69 Å². The Hall–Kier alpha value is -4.19. The molecule has 34 heavy (non-hydrogen) atoms. The van der Waals surface area contributed by atoms with Crippen molar-refractivity contribution in [1.82, 2.24) is 4.90 Å². The number of hydrogen-bond donors (Lipinski definition) is 0. The second kappa shape index (κ2) is 8.98. The molecule has 0 aromatic heterocycles. The molecule has 0 N–H and O–H groups in total. The lowest BCUT2D eigenvalue weighted by Crippen LogP contribution is -2.68. The molecule has 1 saturated heterocycles. The van der Waals surface area contributed by atoms with E-state index in [-0.39, 0.29) is 5.91 Å². The molecule has 6 heteroatoms. The van der Waals surface area contributed by atoms with E-state index in [9.17, 15) is 9.59 Å². The Kier molecular flexibility index (Phi) is 5.72. The molecule has 3 aromatic carbocycles. The lowest BCUT2D eigenvalue weighted by molar-refractivity contribution is -0.178. The fraction of sp³-hybridized carbons (Fsp3) is 0.179. The van der Waals surface area contributed by atoms with Gasteiger partial charge in [0.05, 0.1) is 0 Å². The monoisotopic (exact) mass is 452 g/mol. The zero-order chi connectivity index (χ0) is 23.7. The first-order chi connectivity index (χ1) is 16.5. The van der Waals surface area contributed by atoms with Crippen LogP contribution in [0.1, 0.15) is 29.7 Å². The highest BCUT2D eigenvalue weighted by molar-refractivity contribution is 6.03. The average Bonchev–Trinajstić information content (AvgIpc) is 3.27. The summed E-state index contributed by atoms with van der Waals surface area (Å²) >= 11 is 0. The Bertz CT molecular complexity index is 1200. The molecule has 0 spiro atoms. The molecule has 3 atom stereocenters. The number of hydrogen-bond acceptors (Lipinski definition) is 5. The maximum atomic E-state index is 13.5. The molecular weight excluding hydrogens is 428 g/mol. The van der Waals surface area contributed by atoms with Crippen LogP contribution < -0.4 is 0 Å². The molecule has 3 aromatic rings. The Morgan fingerprint density at radius 1 is 0.941 bits per heavy atom. The number of esters is 1. The van der Waals surface area contributed by atoms with Crippen LogP contribution in [0.2, 0.25) is 0 Å². The van der Waals surface area contributed by atoms with Crippen molar-refractivity contribution in [2.75, 3.05) is 0 Å². The van der Waals surface area contributed by atoms with Crippen LogP contribution in [0.5, 0.6) is 0 Å². The predicted molar refractivity (Wildman–Crippen MR) is 128 cm³/mol. The van der Waals surface area contributed by atoms with E-state index in [1.807, 2.05) is 91.0 Å². The lowest BCUT2D eigenvalue weighted by atomic mass is 9.97. The van der Waals surface area contributed by atoms with E-state index < -0.39 is 30.4 Å². The molecule has 0 radical (unpaired) electrons. The molecule has 1 unspecified atom stereocenters. The summed E-state index contributed by atoms with van der Waals surface area (Å²) in [5, 5.41) is 0. The average molecular weight is 453 g/mol. The molecular formula is C28H24N2O4. The molecule has 2 aliphatic heterocycles. The van der Waals surface area contributed by atoms with Gasteiger partial charge in [0.25, 0.3) is 5.91 Å². The van der Waals surface area contributed by atoms with Gasteiger partial charge in [0, 0.05) is 5.56 Å². The fourth-order valence-corrected chi connectivity index (χ4v) is 4.30. The van der Waals surface area contributed by atoms with Crippen molar-refractivity contribution >= 4 is 17.8 Å². The second-order valence-electron chi connectivity index (χ2n) is 8.39. The van der Waals surface area contributed by atoms with Gasteiger partial charge in [-0.15, -0.1) is 0 Å². The number of benzene rings is 3. The van der Waals surface area contributed by atoms with Gasteiger partial charge >= 0.3 is 5.97 Å². The van der Waals surface area contributed by atoms with Crippen LogP contribution in [-0.2, 0) is 19.1 Å². The normalized spacial score (nSPS) is 19.5. The van der Waals surface area contributed by atoms with Crippen LogP contribution in [-0.4, -0.2) is 41.0 Å². The van der Waals surface area contributed by atoms with Crippen molar-refractivity contribution in [3.8, 4) is 0 Å². The van der Waals surface area contributed by atoms with E-state index in [0.717, 1.165) is 16.7 Å². The smallest absolute Gasteiger partial charge is 0.334 e. The van der Waals surface area contributed by atoms with Gasteiger partial charge in [-0.25, -0.2) is 9.79 Å². The molecule has 5 rings (SSSR count). The molecule has 1 amide bonds. The Labute approximate surface area is 198 Å². The maximum Gasteiger partial charge on any atom is 0.334 e. The van der Waals surface area contributed by atoms with Crippen molar-refractivity contribution in [3.05, 3.63) is 120 Å². The largest absolute Gasteiger partial charge is 0.451 e. The highest BCUT2D eigenvalue weighted by atomic mass is 16.6. The standard InChI is InChI=1S/C28H24N2O4/c1-18(2)23(30-26(31)22-27(30)34-25(29-22)21-16-10-5-11-17-21)28(32)33-24(19-12-6-3-7-13-19)20-14-8-4-9-15-20/h3-17,22-24,27H,1H2,2H3/t22-,23?,27-/m0/s1. The fourth-order valence-electron chi connectivity index (χ4n) is 4.30. The van der Waals surface area contributed by atoms with Crippen molar-refractivity contribution < 1.29 is 19.1 Å². The van der Waals surface area contributed by atoms with Crippen molar-refractivity contribution in [3.63, 3.8) is 0 Å². The molecule has 170 valence electrons. The Balaban J connectivity index is 1.39. The predicted octanol–water partition coefficient (Wildman–Crippen LogP) is 4.28. The van der Waals surface area contributed by atoms with Crippen LogP contribution in [0.4, 0.5) is 0 Å². The summed E-state index contributed by atoms with van der Waals surface area (Å²) in [4.78, 5) is 32.3. The summed E-state index contributed by atoms with van der Waals surface area (Å²) in [5.41, 5.74) is 2.95. The van der Waals surface area contributed by atoms with Crippen LogP contribution >= 0.6 is 0 Å². The number of β-lactam (4-membered cyclic amide) rings is 1. The minimum Gasteiger partial charge on any atom is -0.451 e. The summed E-state index contributed by atoms with van der Waals surface area (Å²) in [6.07, 6.45) is -1.28.